The molecule has 0 saturated carbocycles. The van der Waals surface area contributed by atoms with Gasteiger partial charge in [0.2, 0.25) is 5.91 Å². The minimum absolute atomic E-state index is 0.138. The van der Waals surface area contributed by atoms with E-state index in [4.69, 9.17) is 4.74 Å². The average Bonchev–Trinajstić information content (AvgIpc) is 2.42. The zero-order valence-electron chi connectivity index (χ0n) is 14.1. The lowest BCUT2D eigenvalue weighted by atomic mass is 10.0. The number of ether oxygens (including phenoxy) is 1. The van der Waals surface area contributed by atoms with Gasteiger partial charge in [-0.15, -0.1) is 0 Å². The Morgan fingerprint density at radius 3 is 2.27 bits per heavy atom. The van der Waals surface area contributed by atoms with Crippen LogP contribution in [0.2, 0.25) is 0 Å². The molecule has 0 aliphatic rings. The van der Waals surface area contributed by atoms with Crippen molar-refractivity contribution in [1.29, 1.82) is 0 Å². The van der Waals surface area contributed by atoms with Gasteiger partial charge in [-0.25, -0.2) is 9.59 Å². The van der Waals surface area contributed by atoms with E-state index in [0.29, 0.717) is 13.0 Å². The topological polar surface area (TPSA) is 95.9 Å². The van der Waals surface area contributed by atoms with E-state index in [0.717, 1.165) is 12.8 Å². The van der Waals surface area contributed by atoms with Crippen LogP contribution in [0.1, 0.15) is 47.0 Å². The first kappa shape index (κ1) is 20.2. The molecule has 0 unspecified atom stereocenters. The number of carbonyl (C=O) groups is 3. The van der Waals surface area contributed by atoms with Crippen LogP contribution in [-0.4, -0.2) is 53.7 Å². The second kappa shape index (κ2) is 10.0. The van der Waals surface area contributed by atoms with Gasteiger partial charge in [0.25, 0.3) is 0 Å². The summed E-state index contributed by atoms with van der Waals surface area (Å²) in [5.41, 5.74) is 0. The number of carboxylic acid groups (broad SMARTS) is 1. The fraction of sp³-hybridized carbons (Fsp3) is 0.800. The third kappa shape index (κ3) is 7.28. The monoisotopic (exact) mass is 316 g/mol. The van der Waals surface area contributed by atoms with Crippen molar-refractivity contribution in [3.63, 3.8) is 0 Å². The number of unbranched alkanes of at least 4 members (excludes halogenated alkanes) is 1. The zero-order valence-corrected chi connectivity index (χ0v) is 14.1. The van der Waals surface area contributed by atoms with Crippen LogP contribution in [0.4, 0.5) is 4.79 Å². The summed E-state index contributed by atoms with van der Waals surface area (Å²) in [5, 5.41) is 11.7. The van der Waals surface area contributed by atoms with Crippen LogP contribution in [0.25, 0.3) is 0 Å². The first-order chi connectivity index (χ1) is 10.2. The van der Waals surface area contributed by atoms with Crippen molar-refractivity contribution in [1.82, 2.24) is 10.2 Å². The SMILES string of the molecule is CCCCOC(=O)N[C@@H](C)C(=O)N(C)[C@@H](CC(C)C)C(=O)O. The number of nitrogens with zero attached hydrogens (tertiary/aromatic N) is 1. The fourth-order valence-corrected chi connectivity index (χ4v) is 1.92. The maximum absolute atomic E-state index is 12.2. The second-order valence-corrected chi connectivity index (χ2v) is 5.79. The van der Waals surface area contributed by atoms with E-state index in [9.17, 15) is 19.5 Å². The van der Waals surface area contributed by atoms with Crippen molar-refractivity contribution in [3.05, 3.63) is 0 Å². The summed E-state index contributed by atoms with van der Waals surface area (Å²) in [6, 6.07) is -1.75. The summed E-state index contributed by atoms with van der Waals surface area (Å²) in [4.78, 5) is 36.2. The average molecular weight is 316 g/mol. The van der Waals surface area contributed by atoms with Crippen LogP contribution in [0.15, 0.2) is 0 Å². The molecule has 7 nitrogen and oxygen atoms in total. The van der Waals surface area contributed by atoms with Crippen LogP contribution >= 0.6 is 0 Å². The highest BCUT2D eigenvalue weighted by Gasteiger charge is 2.30. The molecule has 2 atom stereocenters. The predicted octanol–water partition coefficient (Wildman–Crippen LogP) is 1.86. The summed E-state index contributed by atoms with van der Waals surface area (Å²) in [5.74, 6) is -1.37. The van der Waals surface area contributed by atoms with Gasteiger partial charge in [0.1, 0.15) is 12.1 Å². The normalized spacial score (nSPS) is 13.4. The quantitative estimate of drug-likeness (QED) is 0.633. The standard InChI is InChI=1S/C15H28N2O5/c1-6-7-8-22-15(21)16-11(4)13(18)17(5)12(14(19)20)9-10(2)3/h10-12H,6-9H2,1-5H3,(H,16,21)(H,19,20)/t11-,12-/m0/s1. The zero-order chi connectivity index (χ0) is 17.3. The Bertz CT molecular complexity index is 384. The molecule has 0 aromatic rings. The Labute approximate surface area is 132 Å². The molecule has 0 radical (unpaired) electrons. The largest absolute Gasteiger partial charge is 0.480 e. The van der Waals surface area contributed by atoms with Gasteiger partial charge in [0.15, 0.2) is 0 Å². The first-order valence-electron chi connectivity index (χ1n) is 7.63. The minimum atomic E-state index is -1.05. The molecule has 0 heterocycles. The number of nitrogens with one attached hydrogen (secondary N) is 1. The van der Waals surface area contributed by atoms with E-state index < -0.39 is 30.1 Å². The smallest absolute Gasteiger partial charge is 0.407 e. The lowest BCUT2D eigenvalue weighted by Crippen LogP contribution is -2.51. The Kier molecular flexibility index (Phi) is 9.21. The summed E-state index contributed by atoms with van der Waals surface area (Å²) < 4.78 is 4.92. The van der Waals surface area contributed by atoms with E-state index in [-0.39, 0.29) is 5.92 Å². The minimum Gasteiger partial charge on any atom is -0.480 e. The van der Waals surface area contributed by atoms with Crippen LogP contribution in [0.5, 0.6) is 0 Å². The maximum Gasteiger partial charge on any atom is 0.407 e. The molecule has 128 valence electrons. The van der Waals surface area contributed by atoms with Crippen molar-refractivity contribution in [3.8, 4) is 0 Å². The lowest BCUT2D eigenvalue weighted by molar-refractivity contribution is -0.150. The summed E-state index contributed by atoms with van der Waals surface area (Å²) >= 11 is 0. The Balaban J connectivity index is 4.57. The van der Waals surface area contributed by atoms with Crippen molar-refractivity contribution in [2.24, 2.45) is 5.92 Å². The number of amides is 2. The fourth-order valence-electron chi connectivity index (χ4n) is 1.92. The van der Waals surface area contributed by atoms with Crippen LogP contribution in [0.3, 0.4) is 0 Å². The molecule has 0 aromatic heterocycles. The number of alkyl carbamates (subject to hydrolysis) is 1. The van der Waals surface area contributed by atoms with Crippen molar-refractivity contribution in [2.75, 3.05) is 13.7 Å². The van der Waals surface area contributed by atoms with Gasteiger partial charge in [-0.2, -0.15) is 0 Å². The van der Waals surface area contributed by atoms with E-state index in [1.807, 2.05) is 20.8 Å². The predicted molar refractivity (Wildman–Crippen MR) is 82.5 cm³/mol. The molecule has 0 rings (SSSR count). The number of aliphatic carboxylic acids is 1. The second-order valence-electron chi connectivity index (χ2n) is 5.79. The van der Waals surface area contributed by atoms with E-state index in [1.165, 1.54) is 18.9 Å². The van der Waals surface area contributed by atoms with Gasteiger partial charge in [-0.1, -0.05) is 27.2 Å². The number of carbonyl (C=O) groups excluding carboxylic acids is 2. The third-order valence-corrected chi connectivity index (χ3v) is 3.23. The Morgan fingerprint density at radius 2 is 1.82 bits per heavy atom. The highest BCUT2D eigenvalue weighted by Crippen LogP contribution is 2.12. The summed E-state index contributed by atoms with van der Waals surface area (Å²) in [6.45, 7) is 7.56. The van der Waals surface area contributed by atoms with E-state index in [2.05, 4.69) is 5.32 Å². The Morgan fingerprint density at radius 1 is 1.23 bits per heavy atom. The number of hydrogen-bond acceptors (Lipinski definition) is 4. The molecule has 0 aromatic carbocycles. The highest BCUT2D eigenvalue weighted by molar-refractivity contribution is 5.88. The van der Waals surface area contributed by atoms with Crippen LogP contribution in [0, 0.1) is 5.92 Å². The van der Waals surface area contributed by atoms with Gasteiger partial charge in [0, 0.05) is 7.05 Å². The van der Waals surface area contributed by atoms with Gasteiger partial charge in [-0.05, 0) is 25.7 Å². The molecule has 22 heavy (non-hydrogen) atoms. The number of rotatable bonds is 9. The molecule has 0 aliphatic carbocycles. The van der Waals surface area contributed by atoms with Crippen molar-refractivity contribution < 1.29 is 24.2 Å². The third-order valence-electron chi connectivity index (χ3n) is 3.23. The highest BCUT2D eigenvalue weighted by atomic mass is 16.5. The molecule has 0 saturated heterocycles. The van der Waals surface area contributed by atoms with Crippen LogP contribution < -0.4 is 5.32 Å². The van der Waals surface area contributed by atoms with E-state index in [1.54, 1.807) is 0 Å². The van der Waals surface area contributed by atoms with Crippen LogP contribution in [-0.2, 0) is 14.3 Å². The molecule has 0 bridgehead atoms. The van der Waals surface area contributed by atoms with E-state index >= 15 is 0 Å². The molecular formula is C15H28N2O5. The maximum atomic E-state index is 12.2. The molecule has 2 N–H and O–H groups in total. The summed E-state index contributed by atoms with van der Waals surface area (Å²) in [7, 11) is 1.43. The molecule has 0 aliphatic heterocycles. The van der Waals surface area contributed by atoms with Gasteiger partial charge in [0.05, 0.1) is 6.61 Å². The van der Waals surface area contributed by atoms with Gasteiger partial charge < -0.3 is 20.1 Å². The Hall–Kier alpha value is -1.79. The van der Waals surface area contributed by atoms with Crippen molar-refractivity contribution in [2.45, 2.75) is 59.0 Å². The number of likely N-dealkylation sites (N-methyl/N-ethyl adjacent to an activating group) is 1. The van der Waals surface area contributed by atoms with Crippen molar-refractivity contribution >= 4 is 18.0 Å². The molecule has 2 amide bonds. The number of hydrogen-bond donors (Lipinski definition) is 2. The molecular weight excluding hydrogens is 288 g/mol. The van der Waals surface area contributed by atoms with Gasteiger partial charge in [-0.3, -0.25) is 4.79 Å². The molecule has 7 heteroatoms. The molecule has 0 fully saturated rings. The number of carboxylic acids is 1. The first-order valence-corrected chi connectivity index (χ1v) is 7.63. The van der Waals surface area contributed by atoms with Gasteiger partial charge >= 0.3 is 12.1 Å². The summed E-state index contributed by atoms with van der Waals surface area (Å²) in [6.07, 6.45) is 1.34. The molecule has 0 spiro atoms. The lowest BCUT2D eigenvalue weighted by Gasteiger charge is -2.28.